The number of hydrogen-bond donors (Lipinski definition) is 2. The van der Waals surface area contributed by atoms with Crippen molar-refractivity contribution in [2.75, 3.05) is 15.5 Å². The fourth-order valence-corrected chi connectivity index (χ4v) is 3.11. The molecule has 0 aliphatic heterocycles. The van der Waals surface area contributed by atoms with E-state index >= 15 is 0 Å². The van der Waals surface area contributed by atoms with Crippen LogP contribution in [0.25, 0.3) is 0 Å². The highest BCUT2D eigenvalue weighted by molar-refractivity contribution is 5.99. The van der Waals surface area contributed by atoms with Crippen LogP contribution in [-0.4, -0.2) is 12.1 Å². The Morgan fingerprint density at radius 2 is 1.40 bits per heavy atom. The summed E-state index contributed by atoms with van der Waals surface area (Å²) in [5.41, 5.74) is 1.78. The minimum Gasteiger partial charge on any atom is -0.339 e. The normalized spacial score (nSPS) is 11.3. The van der Waals surface area contributed by atoms with E-state index in [1.165, 1.54) is 12.1 Å². The molecule has 0 bridgehead atoms. The van der Waals surface area contributed by atoms with Crippen molar-refractivity contribution in [2.24, 2.45) is 0 Å². The molecule has 7 heteroatoms. The molecule has 2 N–H and O–H groups in total. The van der Waals surface area contributed by atoms with Crippen LogP contribution >= 0.6 is 0 Å². The van der Waals surface area contributed by atoms with Gasteiger partial charge in [-0.25, -0.2) is 4.79 Å². The van der Waals surface area contributed by atoms with Crippen molar-refractivity contribution >= 4 is 28.8 Å². The van der Waals surface area contributed by atoms with Gasteiger partial charge in [0.05, 0.1) is 5.56 Å². The average molecular weight is 413 g/mol. The van der Waals surface area contributed by atoms with Gasteiger partial charge in [0.1, 0.15) is 0 Å². The second-order valence-corrected chi connectivity index (χ2v) is 7.00. The highest BCUT2D eigenvalue weighted by atomic mass is 19.4. The standard InChI is InChI=1S/C23H22F3N3O/c1-16(2)29(20-9-4-3-5-10-20)21-13-11-18(12-14-21)27-22(30)28-19-8-6-7-17(15-19)23(24,25)26/h3-16H,1-2H3,(H2,27,28,30). The van der Waals surface area contributed by atoms with Gasteiger partial charge in [0.15, 0.2) is 0 Å². The Hall–Kier alpha value is -3.48. The lowest BCUT2D eigenvalue weighted by molar-refractivity contribution is -0.137. The predicted octanol–water partition coefficient (Wildman–Crippen LogP) is 6.90. The summed E-state index contributed by atoms with van der Waals surface area (Å²) in [4.78, 5) is 14.3. The number of urea groups is 1. The number of hydrogen-bond acceptors (Lipinski definition) is 2. The largest absolute Gasteiger partial charge is 0.416 e. The molecule has 3 aromatic carbocycles. The van der Waals surface area contributed by atoms with E-state index in [0.717, 1.165) is 23.5 Å². The number of nitrogens with one attached hydrogen (secondary N) is 2. The van der Waals surface area contributed by atoms with Gasteiger partial charge in [-0.05, 0) is 68.4 Å². The van der Waals surface area contributed by atoms with Crippen molar-refractivity contribution < 1.29 is 18.0 Å². The van der Waals surface area contributed by atoms with Gasteiger partial charge in [0.25, 0.3) is 0 Å². The molecule has 0 saturated carbocycles. The maximum Gasteiger partial charge on any atom is 0.416 e. The summed E-state index contributed by atoms with van der Waals surface area (Å²) in [6.07, 6.45) is -4.47. The fraction of sp³-hybridized carbons (Fsp3) is 0.174. The first-order valence-corrected chi connectivity index (χ1v) is 9.43. The van der Waals surface area contributed by atoms with Crippen molar-refractivity contribution in [2.45, 2.75) is 26.1 Å². The topological polar surface area (TPSA) is 44.4 Å². The molecule has 0 unspecified atom stereocenters. The van der Waals surface area contributed by atoms with Crippen molar-refractivity contribution in [3.63, 3.8) is 0 Å². The van der Waals surface area contributed by atoms with E-state index < -0.39 is 17.8 Å². The summed E-state index contributed by atoms with van der Waals surface area (Å²) in [5, 5.41) is 5.06. The van der Waals surface area contributed by atoms with Crippen molar-refractivity contribution in [3.8, 4) is 0 Å². The molecule has 3 aromatic rings. The van der Waals surface area contributed by atoms with Crippen LogP contribution in [-0.2, 0) is 6.18 Å². The maximum absolute atomic E-state index is 12.8. The van der Waals surface area contributed by atoms with Gasteiger partial charge in [0.2, 0.25) is 0 Å². The Kier molecular flexibility index (Phi) is 6.30. The van der Waals surface area contributed by atoms with Crippen LogP contribution in [0.3, 0.4) is 0 Å². The number of halogens is 3. The second kappa shape index (κ2) is 8.90. The molecule has 0 radical (unpaired) electrons. The van der Waals surface area contributed by atoms with E-state index in [0.29, 0.717) is 5.69 Å². The first-order chi connectivity index (χ1) is 14.2. The Labute approximate surface area is 173 Å². The summed E-state index contributed by atoms with van der Waals surface area (Å²) >= 11 is 0. The number of benzene rings is 3. The van der Waals surface area contributed by atoms with Gasteiger partial charge in [-0.1, -0.05) is 24.3 Å². The van der Waals surface area contributed by atoms with Crippen LogP contribution in [0.15, 0.2) is 78.9 Å². The zero-order valence-electron chi connectivity index (χ0n) is 16.6. The average Bonchev–Trinajstić information content (AvgIpc) is 2.69. The monoisotopic (exact) mass is 413 g/mol. The van der Waals surface area contributed by atoms with Crippen molar-refractivity contribution in [1.29, 1.82) is 0 Å². The first kappa shape index (κ1) is 21.2. The Morgan fingerprint density at radius 1 is 0.800 bits per heavy atom. The minimum atomic E-state index is -4.47. The molecule has 30 heavy (non-hydrogen) atoms. The summed E-state index contributed by atoms with van der Waals surface area (Å²) in [6.45, 7) is 4.17. The number of nitrogens with zero attached hydrogens (tertiary/aromatic N) is 1. The Morgan fingerprint density at radius 3 is 2.00 bits per heavy atom. The molecular weight excluding hydrogens is 391 g/mol. The molecular formula is C23H22F3N3O. The van der Waals surface area contributed by atoms with Gasteiger partial charge < -0.3 is 15.5 Å². The summed E-state index contributed by atoms with van der Waals surface area (Å²) in [6, 6.07) is 21.3. The van der Waals surface area contributed by atoms with Crippen LogP contribution in [0.1, 0.15) is 19.4 Å². The van der Waals surface area contributed by atoms with E-state index in [9.17, 15) is 18.0 Å². The lowest BCUT2D eigenvalue weighted by atomic mass is 10.2. The van der Waals surface area contributed by atoms with Crippen LogP contribution in [0.4, 0.5) is 40.7 Å². The molecule has 4 nitrogen and oxygen atoms in total. The molecule has 0 spiro atoms. The molecule has 0 atom stereocenters. The molecule has 0 saturated heterocycles. The summed E-state index contributed by atoms with van der Waals surface area (Å²) < 4.78 is 38.4. The number of anilines is 4. The van der Waals surface area contributed by atoms with E-state index in [2.05, 4.69) is 29.4 Å². The number of alkyl halides is 3. The van der Waals surface area contributed by atoms with Crippen LogP contribution in [0, 0.1) is 0 Å². The highest BCUT2D eigenvalue weighted by Gasteiger charge is 2.30. The van der Waals surface area contributed by atoms with Gasteiger partial charge in [-0.2, -0.15) is 13.2 Å². The fourth-order valence-electron chi connectivity index (χ4n) is 3.11. The van der Waals surface area contributed by atoms with Gasteiger partial charge in [-0.15, -0.1) is 0 Å². The lowest BCUT2D eigenvalue weighted by Gasteiger charge is -2.29. The summed E-state index contributed by atoms with van der Waals surface area (Å²) in [5.74, 6) is 0. The Balaban J connectivity index is 1.69. The van der Waals surface area contributed by atoms with E-state index in [-0.39, 0.29) is 11.7 Å². The molecule has 2 amide bonds. The smallest absolute Gasteiger partial charge is 0.339 e. The molecule has 0 aromatic heterocycles. The molecule has 0 aliphatic rings. The van der Waals surface area contributed by atoms with Gasteiger partial charge >= 0.3 is 12.2 Å². The second-order valence-electron chi connectivity index (χ2n) is 7.00. The van der Waals surface area contributed by atoms with Crippen LogP contribution < -0.4 is 15.5 Å². The molecule has 156 valence electrons. The third kappa shape index (κ3) is 5.31. The third-order valence-corrected chi connectivity index (χ3v) is 4.40. The van der Waals surface area contributed by atoms with E-state index in [1.54, 1.807) is 12.1 Å². The zero-order valence-corrected chi connectivity index (χ0v) is 16.6. The maximum atomic E-state index is 12.8. The quantitative estimate of drug-likeness (QED) is 0.478. The number of rotatable bonds is 5. The van der Waals surface area contributed by atoms with Gasteiger partial charge in [0, 0.05) is 28.8 Å². The summed E-state index contributed by atoms with van der Waals surface area (Å²) in [7, 11) is 0. The van der Waals surface area contributed by atoms with Crippen molar-refractivity contribution in [1.82, 2.24) is 0 Å². The third-order valence-electron chi connectivity index (χ3n) is 4.40. The first-order valence-electron chi connectivity index (χ1n) is 9.43. The highest BCUT2D eigenvalue weighted by Crippen LogP contribution is 2.31. The number of carbonyl (C=O) groups is 1. The molecule has 3 rings (SSSR count). The van der Waals surface area contributed by atoms with Crippen LogP contribution in [0.2, 0.25) is 0 Å². The number of amides is 2. The van der Waals surface area contributed by atoms with E-state index in [1.807, 2.05) is 42.5 Å². The predicted molar refractivity (Wildman–Crippen MR) is 114 cm³/mol. The zero-order chi connectivity index (χ0) is 21.7. The number of carbonyl (C=O) groups excluding carboxylic acids is 1. The Bertz CT molecular complexity index is 987. The number of para-hydroxylation sites is 1. The van der Waals surface area contributed by atoms with Gasteiger partial charge in [-0.3, -0.25) is 0 Å². The minimum absolute atomic E-state index is 0.0639. The molecule has 0 heterocycles. The SMILES string of the molecule is CC(C)N(c1ccccc1)c1ccc(NC(=O)Nc2cccc(C(F)(F)F)c2)cc1. The lowest BCUT2D eigenvalue weighted by Crippen LogP contribution is -2.25. The molecule has 0 fully saturated rings. The van der Waals surface area contributed by atoms with Crippen molar-refractivity contribution in [3.05, 3.63) is 84.4 Å². The molecule has 0 aliphatic carbocycles. The van der Waals surface area contributed by atoms with E-state index in [4.69, 9.17) is 0 Å². The van der Waals surface area contributed by atoms with Crippen LogP contribution in [0.5, 0.6) is 0 Å².